The maximum Gasteiger partial charge on any atom is 0.119 e. The first-order valence-electron chi connectivity index (χ1n) is 5.89. The standard InChI is InChI=1S/C13H16BrN3O/c1-9(2)18-12-6-4-11(5-7-12)17-8-13(10(3)14)15-16-17/h4-10H,1-3H3. The fourth-order valence-corrected chi connectivity index (χ4v) is 1.74. The number of hydrogen-bond donors (Lipinski definition) is 0. The third-order valence-electron chi connectivity index (χ3n) is 2.39. The molecular weight excluding hydrogens is 294 g/mol. The van der Waals surface area contributed by atoms with E-state index in [-0.39, 0.29) is 10.9 Å². The second-order valence-electron chi connectivity index (χ2n) is 4.36. The van der Waals surface area contributed by atoms with Crippen molar-refractivity contribution < 1.29 is 4.74 Å². The molecule has 0 aliphatic carbocycles. The molecule has 5 heteroatoms. The Bertz CT molecular complexity index is 505. The van der Waals surface area contributed by atoms with Crippen LogP contribution >= 0.6 is 15.9 Å². The highest BCUT2D eigenvalue weighted by Gasteiger charge is 2.07. The molecule has 0 bridgehead atoms. The molecule has 0 spiro atoms. The first kappa shape index (κ1) is 13.1. The summed E-state index contributed by atoms with van der Waals surface area (Å²) in [6.45, 7) is 6.04. The minimum Gasteiger partial charge on any atom is -0.491 e. The molecular formula is C13H16BrN3O. The normalized spacial score (nSPS) is 12.7. The number of nitrogens with zero attached hydrogens (tertiary/aromatic N) is 3. The van der Waals surface area contributed by atoms with Crippen molar-refractivity contribution >= 4 is 15.9 Å². The monoisotopic (exact) mass is 309 g/mol. The van der Waals surface area contributed by atoms with Gasteiger partial charge in [-0.1, -0.05) is 21.1 Å². The third kappa shape index (κ3) is 3.10. The molecule has 2 rings (SSSR count). The van der Waals surface area contributed by atoms with Crippen molar-refractivity contribution in [1.29, 1.82) is 0 Å². The summed E-state index contributed by atoms with van der Waals surface area (Å²) in [5.74, 6) is 0.864. The molecule has 18 heavy (non-hydrogen) atoms. The minimum absolute atomic E-state index is 0.183. The fourth-order valence-electron chi connectivity index (χ4n) is 1.53. The van der Waals surface area contributed by atoms with Crippen LogP contribution in [0.15, 0.2) is 30.5 Å². The summed E-state index contributed by atoms with van der Waals surface area (Å²) in [4.78, 5) is 0.204. The van der Waals surface area contributed by atoms with Crippen LogP contribution in [-0.4, -0.2) is 21.1 Å². The maximum atomic E-state index is 5.60. The van der Waals surface area contributed by atoms with E-state index in [4.69, 9.17) is 4.74 Å². The van der Waals surface area contributed by atoms with E-state index >= 15 is 0 Å². The van der Waals surface area contributed by atoms with Crippen LogP contribution in [0.5, 0.6) is 5.75 Å². The Kier molecular flexibility index (Phi) is 4.01. The molecule has 0 amide bonds. The smallest absolute Gasteiger partial charge is 0.119 e. The number of halogens is 1. The molecule has 0 N–H and O–H groups in total. The average Bonchev–Trinajstić information content (AvgIpc) is 2.78. The van der Waals surface area contributed by atoms with E-state index in [2.05, 4.69) is 26.2 Å². The second-order valence-corrected chi connectivity index (χ2v) is 5.74. The summed E-state index contributed by atoms with van der Waals surface area (Å²) in [6, 6.07) is 7.81. The van der Waals surface area contributed by atoms with Gasteiger partial charge >= 0.3 is 0 Å². The quantitative estimate of drug-likeness (QED) is 0.811. The Balaban J connectivity index is 2.17. The van der Waals surface area contributed by atoms with E-state index < -0.39 is 0 Å². The van der Waals surface area contributed by atoms with Gasteiger partial charge in [0, 0.05) is 0 Å². The van der Waals surface area contributed by atoms with Gasteiger partial charge in [-0.05, 0) is 45.0 Å². The maximum absolute atomic E-state index is 5.60. The zero-order valence-electron chi connectivity index (χ0n) is 10.7. The van der Waals surface area contributed by atoms with Crippen molar-refractivity contribution in [3.8, 4) is 11.4 Å². The number of benzene rings is 1. The summed E-state index contributed by atoms with van der Waals surface area (Å²) in [6.07, 6.45) is 2.10. The van der Waals surface area contributed by atoms with Gasteiger partial charge in [-0.15, -0.1) is 5.10 Å². The molecule has 0 saturated carbocycles. The van der Waals surface area contributed by atoms with Crippen molar-refractivity contribution in [1.82, 2.24) is 15.0 Å². The molecule has 1 unspecified atom stereocenters. The van der Waals surface area contributed by atoms with E-state index in [0.717, 1.165) is 17.1 Å². The predicted octanol–water partition coefficient (Wildman–Crippen LogP) is 3.51. The molecule has 0 fully saturated rings. The van der Waals surface area contributed by atoms with Crippen LogP contribution in [0.2, 0.25) is 0 Å². The van der Waals surface area contributed by atoms with Crippen LogP contribution in [0.25, 0.3) is 5.69 Å². The Morgan fingerprint density at radius 3 is 2.33 bits per heavy atom. The van der Waals surface area contributed by atoms with Crippen LogP contribution in [-0.2, 0) is 0 Å². The van der Waals surface area contributed by atoms with Crippen molar-refractivity contribution in [2.75, 3.05) is 0 Å². The molecule has 2 aromatic rings. The Labute approximate surface area is 115 Å². The molecule has 1 heterocycles. The molecule has 1 aromatic heterocycles. The van der Waals surface area contributed by atoms with Crippen molar-refractivity contribution in [3.05, 3.63) is 36.2 Å². The van der Waals surface area contributed by atoms with Gasteiger partial charge in [0.2, 0.25) is 0 Å². The molecule has 0 aliphatic heterocycles. The first-order valence-corrected chi connectivity index (χ1v) is 6.81. The molecule has 4 nitrogen and oxygen atoms in total. The lowest BCUT2D eigenvalue weighted by Crippen LogP contribution is -2.05. The van der Waals surface area contributed by atoms with Gasteiger partial charge in [0.25, 0.3) is 0 Å². The SMILES string of the molecule is CC(C)Oc1ccc(-n2cc(C(C)Br)nn2)cc1. The Morgan fingerprint density at radius 1 is 1.17 bits per heavy atom. The van der Waals surface area contributed by atoms with E-state index in [1.165, 1.54) is 0 Å². The lowest BCUT2D eigenvalue weighted by Gasteiger charge is -2.09. The third-order valence-corrected chi connectivity index (χ3v) is 2.86. The second kappa shape index (κ2) is 5.52. The van der Waals surface area contributed by atoms with E-state index in [1.807, 2.05) is 51.2 Å². The summed E-state index contributed by atoms with van der Waals surface area (Å²) >= 11 is 3.47. The van der Waals surface area contributed by atoms with E-state index in [9.17, 15) is 0 Å². The van der Waals surface area contributed by atoms with Gasteiger partial charge < -0.3 is 4.74 Å². The highest BCUT2D eigenvalue weighted by atomic mass is 79.9. The van der Waals surface area contributed by atoms with Crippen molar-refractivity contribution in [2.24, 2.45) is 0 Å². The van der Waals surface area contributed by atoms with Crippen LogP contribution < -0.4 is 4.74 Å². The summed E-state index contributed by atoms with van der Waals surface area (Å²) in [5.41, 5.74) is 1.88. The van der Waals surface area contributed by atoms with Gasteiger partial charge in [-0.3, -0.25) is 0 Å². The van der Waals surface area contributed by atoms with Crippen LogP contribution in [0.4, 0.5) is 0 Å². The van der Waals surface area contributed by atoms with Gasteiger partial charge in [0.15, 0.2) is 0 Å². The zero-order valence-corrected chi connectivity index (χ0v) is 12.3. The molecule has 0 saturated heterocycles. The first-order chi connectivity index (χ1) is 8.56. The van der Waals surface area contributed by atoms with Gasteiger partial charge in [0.1, 0.15) is 5.75 Å². The number of alkyl halides is 1. The topological polar surface area (TPSA) is 39.9 Å². The molecule has 0 aliphatic rings. The van der Waals surface area contributed by atoms with Gasteiger partial charge in [0.05, 0.1) is 28.5 Å². The summed E-state index contributed by atoms with van der Waals surface area (Å²) in [5, 5.41) is 8.19. The largest absolute Gasteiger partial charge is 0.491 e. The molecule has 0 radical (unpaired) electrons. The predicted molar refractivity (Wildman–Crippen MR) is 74.5 cm³/mol. The van der Waals surface area contributed by atoms with Crippen molar-refractivity contribution in [2.45, 2.75) is 31.7 Å². The number of rotatable bonds is 4. The van der Waals surface area contributed by atoms with Gasteiger partial charge in [-0.25, -0.2) is 4.68 Å². The van der Waals surface area contributed by atoms with Crippen LogP contribution in [0.1, 0.15) is 31.3 Å². The average molecular weight is 310 g/mol. The summed E-state index contributed by atoms with van der Waals surface area (Å²) < 4.78 is 7.35. The number of aromatic nitrogens is 3. The van der Waals surface area contributed by atoms with Gasteiger partial charge in [-0.2, -0.15) is 0 Å². The lowest BCUT2D eigenvalue weighted by atomic mass is 10.3. The van der Waals surface area contributed by atoms with E-state index in [0.29, 0.717) is 0 Å². The highest BCUT2D eigenvalue weighted by molar-refractivity contribution is 9.09. The highest BCUT2D eigenvalue weighted by Crippen LogP contribution is 2.20. The van der Waals surface area contributed by atoms with E-state index in [1.54, 1.807) is 4.68 Å². The van der Waals surface area contributed by atoms with Crippen LogP contribution in [0, 0.1) is 0 Å². The lowest BCUT2D eigenvalue weighted by molar-refractivity contribution is 0.242. The molecule has 1 aromatic carbocycles. The zero-order chi connectivity index (χ0) is 13.1. The Morgan fingerprint density at radius 2 is 1.83 bits per heavy atom. The fraction of sp³-hybridized carbons (Fsp3) is 0.385. The molecule has 96 valence electrons. The number of hydrogen-bond acceptors (Lipinski definition) is 3. The summed E-state index contributed by atoms with van der Waals surface area (Å²) in [7, 11) is 0. The minimum atomic E-state index is 0.183. The molecule has 1 atom stereocenters. The van der Waals surface area contributed by atoms with Crippen LogP contribution in [0.3, 0.4) is 0 Å². The Hall–Kier alpha value is -1.36. The number of ether oxygens (including phenoxy) is 1. The van der Waals surface area contributed by atoms with Crippen molar-refractivity contribution in [3.63, 3.8) is 0 Å².